The molecular weight excluding hydrogens is 204 g/mol. The van der Waals surface area contributed by atoms with Crippen molar-refractivity contribution in [3.8, 4) is 0 Å². The quantitative estimate of drug-likeness (QED) is 0.518. The van der Waals surface area contributed by atoms with Gasteiger partial charge in [-0.2, -0.15) is 0 Å². The van der Waals surface area contributed by atoms with E-state index in [2.05, 4.69) is 26.2 Å². The van der Waals surface area contributed by atoms with Crippen LogP contribution >= 0.6 is 0 Å². The summed E-state index contributed by atoms with van der Waals surface area (Å²) in [6.07, 6.45) is 0.249. The highest BCUT2D eigenvalue weighted by atomic mass is 16.5. The molecule has 4 heteroatoms. The molecule has 0 heterocycles. The van der Waals surface area contributed by atoms with Gasteiger partial charge in [0.25, 0.3) is 0 Å². The molecule has 4 nitrogen and oxygen atoms in total. The third kappa shape index (κ3) is 5.80. The molecule has 0 radical (unpaired) electrons. The lowest BCUT2D eigenvalue weighted by atomic mass is 9.85. The molecular formula is C12H28N2O2. The zero-order valence-electron chi connectivity index (χ0n) is 11.5. The molecule has 0 bridgehead atoms. The molecule has 0 amide bonds. The van der Waals surface area contributed by atoms with Gasteiger partial charge in [0.1, 0.15) is 0 Å². The van der Waals surface area contributed by atoms with Crippen LogP contribution < -0.4 is 11.3 Å². The number of hydrazine groups is 1. The molecule has 2 unspecified atom stereocenters. The van der Waals surface area contributed by atoms with Gasteiger partial charge in [-0.15, -0.1) is 0 Å². The lowest BCUT2D eigenvalue weighted by Gasteiger charge is -2.36. The minimum absolute atomic E-state index is 0.0161. The molecule has 0 rings (SSSR count). The summed E-state index contributed by atoms with van der Waals surface area (Å²) in [4.78, 5) is 0. The Hall–Kier alpha value is -0.160. The van der Waals surface area contributed by atoms with Crippen molar-refractivity contribution >= 4 is 0 Å². The highest BCUT2D eigenvalue weighted by molar-refractivity contribution is 4.85. The Morgan fingerprint density at radius 2 is 1.75 bits per heavy atom. The minimum atomic E-state index is 0.0161. The van der Waals surface area contributed by atoms with Crippen LogP contribution in [0.2, 0.25) is 0 Å². The molecule has 0 spiro atoms. The Kier molecular flexibility index (Phi) is 7.15. The van der Waals surface area contributed by atoms with E-state index in [0.717, 1.165) is 0 Å². The van der Waals surface area contributed by atoms with Crippen LogP contribution in [0.5, 0.6) is 0 Å². The van der Waals surface area contributed by atoms with Gasteiger partial charge < -0.3 is 9.47 Å². The van der Waals surface area contributed by atoms with Crippen molar-refractivity contribution in [1.82, 2.24) is 5.43 Å². The summed E-state index contributed by atoms with van der Waals surface area (Å²) < 4.78 is 11.4. The number of ether oxygens (including phenoxy) is 2. The van der Waals surface area contributed by atoms with Crippen LogP contribution in [-0.4, -0.2) is 31.5 Å². The first-order valence-electron chi connectivity index (χ1n) is 6.02. The fourth-order valence-corrected chi connectivity index (χ4v) is 1.67. The molecule has 0 aliphatic carbocycles. The summed E-state index contributed by atoms with van der Waals surface area (Å²) in [5.74, 6) is 5.58. The van der Waals surface area contributed by atoms with E-state index in [9.17, 15) is 0 Å². The molecule has 3 N–H and O–H groups in total. The molecule has 2 atom stereocenters. The van der Waals surface area contributed by atoms with E-state index in [1.54, 1.807) is 0 Å². The van der Waals surface area contributed by atoms with E-state index in [0.29, 0.717) is 13.2 Å². The van der Waals surface area contributed by atoms with Crippen molar-refractivity contribution in [2.75, 3.05) is 13.2 Å². The lowest BCUT2D eigenvalue weighted by Crippen LogP contribution is -2.53. The van der Waals surface area contributed by atoms with E-state index >= 15 is 0 Å². The van der Waals surface area contributed by atoms with E-state index in [1.165, 1.54) is 0 Å². The number of nitrogens with one attached hydrogen (secondary N) is 1. The molecule has 0 aromatic heterocycles. The van der Waals surface area contributed by atoms with Crippen LogP contribution in [0.15, 0.2) is 0 Å². The summed E-state index contributed by atoms with van der Waals surface area (Å²) >= 11 is 0. The number of rotatable bonds is 7. The van der Waals surface area contributed by atoms with Gasteiger partial charge in [0, 0.05) is 6.61 Å². The zero-order valence-corrected chi connectivity index (χ0v) is 11.5. The van der Waals surface area contributed by atoms with E-state index in [1.807, 2.05) is 20.8 Å². The fourth-order valence-electron chi connectivity index (χ4n) is 1.67. The Morgan fingerprint density at radius 1 is 1.19 bits per heavy atom. The number of nitrogens with two attached hydrogens (primary N) is 1. The van der Waals surface area contributed by atoms with Crippen LogP contribution in [0.1, 0.15) is 41.5 Å². The van der Waals surface area contributed by atoms with Crippen molar-refractivity contribution in [3.63, 3.8) is 0 Å². The molecule has 0 aliphatic rings. The second-order valence-corrected chi connectivity index (χ2v) is 5.40. The summed E-state index contributed by atoms with van der Waals surface area (Å²) in [6, 6.07) is 0.0161. The normalized spacial score (nSPS) is 16.5. The number of hydrogen-bond acceptors (Lipinski definition) is 4. The summed E-state index contributed by atoms with van der Waals surface area (Å²) in [5, 5.41) is 0. The molecule has 98 valence electrons. The average molecular weight is 232 g/mol. The highest BCUT2D eigenvalue weighted by Crippen LogP contribution is 2.25. The molecule has 0 aliphatic heterocycles. The van der Waals surface area contributed by atoms with Crippen LogP contribution in [0.4, 0.5) is 0 Å². The summed E-state index contributed by atoms with van der Waals surface area (Å²) in [5.41, 5.74) is 2.83. The summed E-state index contributed by atoms with van der Waals surface area (Å²) in [7, 11) is 0. The molecule has 0 saturated heterocycles. The van der Waals surface area contributed by atoms with Crippen molar-refractivity contribution < 1.29 is 9.47 Å². The smallest absolute Gasteiger partial charge is 0.0811 e. The Labute approximate surface area is 99.8 Å². The molecule has 0 aromatic carbocycles. The Balaban J connectivity index is 4.46. The van der Waals surface area contributed by atoms with Gasteiger partial charge in [0.15, 0.2) is 0 Å². The van der Waals surface area contributed by atoms with Gasteiger partial charge in [-0.25, -0.2) is 0 Å². The molecule has 16 heavy (non-hydrogen) atoms. The first-order chi connectivity index (χ1) is 7.32. The van der Waals surface area contributed by atoms with Gasteiger partial charge in [-0.3, -0.25) is 11.3 Å². The van der Waals surface area contributed by atoms with Crippen molar-refractivity contribution in [2.45, 2.75) is 59.8 Å². The minimum Gasteiger partial charge on any atom is -0.377 e. The second kappa shape index (κ2) is 7.22. The second-order valence-electron chi connectivity index (χ2n) is 5.40. The molecule has 0 saturated carbocycles. The van der Waals surface area contributed by atoms with Gasteiger partial charge in [-0.05, 0) is 26.2 Å². The van der Waals surface area contributed by atoms with Crippen molar-refractivity contribution in [2.24, 2.45) is 11.3 Å². The van der Waals surface area contributed by atoms with Gasteiger partial charge >= 0.3 is 0 Å². The maximum absolute atomic E-state index is 5.77. The van der Waals surface area contributed by atoms with Gasteiger partial charge in [0.2, 0.25) is 0 Å². The third-order valence-electron chi connectivity index (χ3n) is 2.39. The van der Waals surface area contributed by atoms with Crippen LogP contribution in [-0.2, 0) is 9.47 Å². The van der Waals surface area contributed by atoms with Gasteiger partial charge in [0.05, 0.1) is 24.9 Å². The molecule has 0 aromatic rings. The number of hydrogen-bond donors (Lipinski definition) is 2. The standard InChI is InChI=1S/C12H28N2O2/c1-7-15-11(12(4,5)6)10(14-13)8-16-9(2)3/h9-11,14H,7-8,13H2,1-6H3. The predicted molar refractivity (Wildman–Crippen MR) is 67.1 cm³/mol. The maximum atomic E-state index is 5.77. The predicted octanol–water partition coefficient (Wildman–Crippen LogP) is 1.69. The van der Waals surface area contributed by atoms with Crippen molar-refractivity contribution in [3.05, 3.63) is 0 Å². The van der Waals surface area contributed by atoms with Crippen LogP contribution in [0.25, 0.3) is 0 Å². The zero-order chi connectivity index (χ0) is 12.8. The summed E-state index contributed by atoms with van der Waals surface area (Å²) in [6.45, 7) is 13.7. The lowest BCUT2D eigenvalue weighted by molar-refractivity contribution is -0.0625. The SMILES string of the molecule is CCOC(C(COC(C)C)NN)C(C)(C)C. The maximum Gasteiger partial charge on any atom is 0.0811 e. The van der Waals surface area contributed by atoms with E-state index in [-0.39, 0.29) is 23.7 Å². The Morgan fingerprint density at radius 3 is 2.06 bits per heavy atom. The average Bonchev–Trinajstić information content (AvgIpc) is 2.15. The van der Waals surface area contributed by atoms with Crippen molar-refractivity contribution in [1.29, 1.82) is 0 Å². The fraction of sp³-hybridized carbons (Fsp3) is 1.00. The monoisotopic (exact) mass is 232 g/mol. The third-order valence-corrected chi connectivity index (χ3v) is 2.39. The Bertz CT molecular complexity index is 178. The van der Waals surface area contributed by atoms with Gasteiger partial charge in [-0.1, -0.05) is 20.8 Å². The van der Waals surface area contributed by atoms with Crippen LogP contribution in [0, 0.1) is 5.41 Å². The largest absolute Gasteiger partial charge is 0.377 e. The van der Waals surface area contributed by atoms with E-state index < -0.39 is 0 Å². The van der Waals surface area contributed by atoms with E-state index in [4.69, 9.17) is 15.3 Å². The highest BCUT2D eigenvalue weighted by Gasteiger charge is 2.32. The first kappa shape index (κ1) is 15.8. The molecule has 0 fully saturated rings. The first-order valence-corrected chi connectivity index (χ1v) is 6.02. The topological polar surface area (TPSA) is 56.5 Å². The van der Waals surface area contributed by atoms with Crippen LogP contribution in [0.3, 0.4) is 0 Å².